The molecule has 1 amide bonds. The molecular formula is C18H25N3O5S2. The van der Waals surface area contributed by atoms with Gasteiger partial charge in [-0.25, -0.2) is 13.2 Å². The minimum absolute atomic E-state index is 0.0143. The molecule has 2 aromatic heterocycles. The minimum atomic E-state index is -3.69. The Morgan fingerprint density at radius 3 is 2.57 bits per heavy atom. The second kappa shape index (κ2) is 9.35. The van der Waals surface area contributed by atoms with Gasteiger partial charge in [-0.3, -0.25) is 4.79 Å². The third-order valence-corrected chi connectivity index (χ3v) is 7.09. The van der Waals surface area contributed by atoms with Crippen LogP contribution in [0.2, 0.25) is 0 Å². The molecule has 2 heterocycles. The predicted octanol–water partition coefficient (Wildman–Crippen LogP) is 1.98. The molecule has 2 rings (SSSR count). The molecule has 1 N–H and O–H groups in total. The van der Waals surface area contributed by atoms with E-state index in [1.54, 1.807) is 20.9 Å². The van der Waals surface area contributed by atoms with Gasteiger partial charge in [0.25, 0.3) is 5.91 Å². The number of hydrogen-bond acceptors (Lipinski definition) is 6. The van der Waals surface area contributed by atoms with Gasteiger partial charge >= 0.3 is 5.97 Å². The van der Waals surface area contributed by atoms with E-state index in [1.165, 1.54) is 39.4 Å². The van der Waals surface area contributed by atoms with E-state index >= 15 is 0 Å². The van der Waals surface area contributed by atoms with Crippen molar-refractivity contribution in [2.75, 3.05) is 13.1 Å². The highest BCUT2D eigenvalue weighted by Crippen LogP contribution is 2.19. The van der Waals surface area contributed by atoms with Gasteiger partial charge in [0.2, 0.25) is 10.0 Å². The minimum Gasteiger partial charge on any atom is -0.448 e. The number of thiophene rings is 1. The number of carbonyl (C=O) groups is 2. The van der Waals surface area contributed by atoms with E-state index < -0.39 is 28.0 Å². The van der Waals surface area contributed by atoms with Crippen LogP contribution in [-0.4, -0.2) is 48.4 Å². The van der Waals surface area contributed by atoms with Crippen LogP contribution >= 0.6 is 11.3 Å². The van der Waals surface area contributed by atoms with Crippen molar-refractivity contribution >= 4 is 33.2 Å². The fourth-order valence-electron chi connectivity index (χ4n) is 2.60. The normalized spacial score (nSPS) is 12.8. The molecule has 0 saturated heterocycles. The first-order valence-electron chi connectivity index (χ1n) is 8.88. The average Bonchev–Trinajstić information content (AvgIpc) is 3.30. The summed E-state index contributed by atoms with van der Waals surface area (Å²) in [6.45, 7) is 5.97. The first kappa shape index (κ1) is 22.1. The van der Waals surface area contributed by atoms with Crippen molar-refractivity contribution in [3.05, 3.63) is 40.3 Å². The molecule has 0 aromatic carbocycles. The van der Waals surface area contributed by atoms with Gasteiger partial charge in [0.1, 0.15) is 10.6 Å². The number of aromatic nitrogens is 1. The lowest BCUT2D eigenvalue weighted by Crippen LogP contribution is -2.35. The van der Waals surface area contributed by atoms with E-state index in [9.17, 15) is 18.0 Å². The highest BCUT2D eigenvalue weighted by Gasteiger charge is 2.27. The number of amides is 1. The molecule has 10 heteroatoms. The first-order valence-corrected chi connectivity index (χ1v) is 11.2. The van der Waals surface area contributed by atoms with Gasteiger partial charge in [0, 0.05) is 31.2 Å². The third-order valence-electron chi connectivity index (χ3n) is 4.20. The van der Waals surface area contributed by atoms with Crippen LogP contribution in [0.25, 0.3) is 0 Å². The number of aryl methyl sites for hydroxylation is 1. The lowest BCUT2D eigenvalue weighted by Gasteiger charge is -2.17. The topological polar surface area (TPSA) is 97.7 Å². The summed E-state index contributed by atoms with van der Waals surface area (Å²) in [5.74, 6) is -1.19. The van der Waals surface area contributed by atoms with E-state index in [0.29, 0.717) is 19.6 Å². The molecule has 0 bridgehead atoms. The summed E-state index contributed by atoms with van der Waals surface area (Å²) < 4.78 is 33.1. The number of sulfonamides is 1. The molecular weight excluding hydrogens is 402 g/mol. The van der Waals surface area contributed by atoms with E-state index in [0.717, 1.165) is 4.88 Å². The third kappa shape index (κ3) is 5.00. The number of nitrogens with one attached hydrogen (secondary N) is 1. The molecule has 0 aliphatic carbocycles. The summed E-state index contributed by atoms with van der Waals surface area (Å²) in [5, 5.41) is 4.61. The first-order chi connectivity index (χ1) is 13.2. The van der Waals surface area contributed by atoms with Crippen molar-refractivity contribution in [2.45, 2.75) is 38.3 Å². The molecule has 28 heavy (non-hydrogen) atoms. The maximum atomic E-state index is 12.6. The lowest BCUT2D eigenvalue weighted by atomic mass is 10.3. The number of carbonyl (C=O) groups excluding carboxylic acids is 2. The van der Waals surface area contributed by atoms with Crippen molar-refractivity contribution in [1.29, 1.82) is 0 Å². The molecule has 0 saturated carbocycles. The smallest absolute Gasteiger partial charge is 0.355 e. The monoisotopic (exact) mass is 427 g/mol. The van der Waals surface area contributed by atoms with E-state index in [1.807, 2.05) is 17.5 Å². The summed E-state index contributed by atoms with van der Waals surface area (Å²) >= 11 is 1.51. The van der Waals surface area contributed by atoms with Crippen LogP contribution in [0.1, 0.15) is 36.1 Å². The van der Waals surface area contributed by atoms with Gasteiger partial charge in [0.05, 0.1) is 6.54 Å². The number of esters is 1. The van der Waals surface area contributed by atoms with Crippen LogP contribution < -0.4 is 5.32 Å². The molecule has 154 valence electrons. The van der Waals surface area contributed by atoms with E-state index in [4.69, 9.17) is 4.74 Å². The zero-order valence-electron chi connectivity index (χ0n) is 16.3. The van der Waals surface area contributed by atoms with E-state index in [2.05, 4.69) is 5.32 Å². The quantitative estimate of drug-likeness (QED) is 0.617. The van der Waals surface area contributed by atoms with Gasteiger partial charge in [-0.2, -0.15) is 4.31 Å². The van der Waals surface area contributed by atoms with Crippen LogP contribution in [0.4, 0.5) is 0 Å². The molecule has 0 aliphatic heterocycles. The Morgan fingerprint density at radius 2 is 2.00 bits per heavy atom. The van der Waals surface area contributed by atoms with Gasteiger partial charge < -0.3 is 14.6 Å². The maximum Gasteiger partial charge on any atom is 0.355 e. The highest BCUT2D eigenvalue weighted by atomic mass is 32.2. The Labute approximate surface area is 169 Å². The second-order valence-corrected chi connectivity index (χ2v) is 9.08. The number of hydrogen-bond donors (Lipinski definition) is 1. The van der Waals surface area contributed by atoms with E-state index in [-0.39, 0.29) is 10.6 Å². The van der Waals surface area contributed by atoms with Crippen LogP contribution in [0.5, 0.6) is 0 Å². The van der Waals surface area contributed by atoms with Crippen molar-refractivity contribution in [1.82, 2.24) is 14.2 Å². The highest BCUT2D eigenvalue weighted by molar-refractivity contribution is 7.89. The van der Waals surface area contributed by atoms with Crippen molar-refractivity contribution in [3.63, 3.8) is 0 Å². The Kier molecular flexibility index (Phi) is 7.39. The number of ether oxygens (including phenoxy) is 1. The Morgan fingerprint density at radius 1 is 1.32 bits per heavy atom. The Hall–Kier alpha value is -2.17. The second-order valence-electron chi connectivity index (χ2n) is 6.11. The summed E-state index contributed by atoms with van der Waals surface area (Å²) in [5.41, 5.74) is 0.0589. The molecule has 1 unspecified atom stereocenters. The Bertz CT molecular complexity index is 915. The lowest BCUT2D eigenvalue weighted by molar-refractivity contribution is -0.129. The van der Waals surface area contributed by atoms with Crippen LogP contribution in [0, 0.1) is 0 Å². The maximum absolute atomic E-state index is 12.6. The Balaban J connectivity index is 2.06. The van der Waals surface area contributed by atoms with Crippen molar-refractivity contribution < 1.29 is 22.7 Å². The standard InChI is InChI=1S/C18H25N3O5S2/c1-5-21(6-2)28(24,25)15-10-16(20(4)12-15)18(23)26-13(3)17(22)19-11-14-8-7-9-27-14/h7-10,12-13H,5-6,11H2,1-4H3,(H,19,22). The van der Waals surface area contributed by atoms with Crippen molar-refractivity contribution in [3.8, 4) is 0 Å². The molecule has 0 radical (unpaired) electrons. The summed E-state index contributed by atoms with van der Waals surface area (Å²) in [6.07, 6.45) is 0.358. The molecule has 0 spiro atoms. The molecule has 1 atom stereocenters. The summed E-state index contributed by atoms with van der Waals surface area (Å²) in [7, 11) is -2.13. The van der Waals surface area contributed by atoms with Gasteiger partial charge in [-0.05, 0) is 24.4 Å². The average molecular weight is 428 g/mol. The molecule has 0 fully saturated rings. The van der Waals surface area contributed by atoms with Crippen LogP contribution in [-0.2, 0) is 33.1 Å². The summed E-state index contributed by atoms with van der Waals surface area (Å²) in [4.78, 5) is 25.6. The number of rotatable bonds is 9. The summed E-state index contributed by atoms with van der Waals surface area (Å²) in [6, 6.07) is 5.05. The van der Waals surface area contributed by atoms with Crippen molar-refractivity contribution in [2.24, 2.45) is 7.05 Å². The van der Waals surface area contributed by atoms with Crippen LogP contribution in [0.3, 0.4) is 0 Å². The van der Waals surface area contributed by atoms with Crippen LogP contribution in [0.15, 0.2) is 34.7 Å². The SMILES string of the molecule is CCN(CC)S(=O)(=O)c1cc(C(=O)OC(C)C(=O)NCc2cccs2)n(C)c1. The largest absolute Gasteiger partial charge is 0.448 e. The number of nitrogens with zero attached hydrogens (tertiary/aromatic N) is 2. The van der Waals surface area contributed by atoms with Gasteiger partial charge in [-0.15, -0.1) is 11.3 Å². The molecule has 2 aromatic rings. The predicted molar refractivity (Wildman–Crippen MR) is 107 cm³/mol. The van der Waals surface area contributed by atoms with Gasteiger partial charge in [0.15, 0.2) is 6.10 Å². The zero-order valence-corrected chi connectivity index (χ0v) is 18.0. The molecule has 8 nitrogen and oxygen atoms in total. The molecule has 0 aliphatic rings. The fraction of sp³-hybridized carbons (Fsp3) is 0.444. The fourth-order valence-corrected chi connectivity index (χ4v) is 4.77. The van der Waals surface area contributed by atoms with Gasteiger partial charge in [-0.1, -0.05) is 19.9 Å². The zero-order chi connectivity index (χ0) is 20.9.